The highest BCUT2D eigenvalue weighted by atomic mass is 16.5. The van der Waals surface area contributed by atoms with E-state index in [1.54, 1.807) is 0 Å². The van der Waals surface area contributed by atoms with E-state index in [-0.39, 0.29) is 5.97 Å². The van der Waals surface area contributed by atoms with E-state index in [0.717, 1.165) is 63.8 Å². The first kappa shape index (κ1) is 44.3. The summed E-state index contributed by atoms with van der Waals surface area (Å²) in [6, 6.07) is 51.8. The van der Waals surface area contributed by atoms with Crippen LogP contribution in [-0.2, 0) is 4.79 Å². The van der Waals surface area contributed by atoms with Gasteiger partial charge in [-0.1, -0.05) is 157 Å². The minimum absolute atomic E-state index is 0.161. The number of unbranched alkanes of at least 4 members (excludes halogenated alkanes) is 14. The lowest BCUT2D eigenvalue weighted by Gasteiger charge is -2.25. The second kappa shape index (κ2) is 25.4. The lowest BCUT2D eigenvalue weighted by atomic mass is 10.0. The van der Waals surface area contributed by atoms with Crippen molar-refractivity contribution in [2.75, 3.05) is 4.90 Å². The lowest BCUT2D eigenvalue weighted by molar-refractivity contribution is -0.134. The number of nitrogens with zero attached hydrogens (tertiary/aromatic N) is 5. The number of benzene rings is 6. The quantitative estimate of drug-likeness (QED) is 0.0250. The Morgan fingerprint density at radius 3 is 1.11 bits per heavy atom. The van der Waals surface area contributed by atoms with Gasteiger partial charge in [0.1, 0.15) is 5.75 Å². The van der Waals surface area contributed by atoms with Crippen molar-refractivity contribution in [3.05, 3.63) is 158 Å². The molecule has 0 aromatic heterocycles. The van der Waals surface area contributed by atoms with Crippen LogP contribution in [0, 0.1) is 0 Å². The topological polar surface area (TPSA) is 79.0 Å². The number of hydrogen-bond acceptors (Lipinski definition) is 7. The molecule has 0 N–H and O–H groups in total. The van der Waals surface area contributed by atoms with E-state index < -0.39 is 0 Å². The van der Waals surface area contributed by atoms with E-state index in [0.29, 0.717) is 12.2 Å². The Morgan fingerprint density at radius 2 is 0.721 bits per heavy atom. The van der Waals surface area contributed by atoms with Gasteiger partial charge in [0.15, 0.2) is 0 Å². The SMILES string of the molecule is CCCCCCCCCCCCCCCCCC(=O)Oc1ccc(-c2ccc(N(c3ccc(N=Nc4ccccc4)cc3)c3ccc(N=Nc4ccccc4)cc3)cc2)cc1. The molecular formula is C54H61N5O2. The molecule has 61 heavy (non-hydrogen) atoms. The van der Waals surface area contributed by atoms with Crippen molar-refractivity contribution >= 4 is 45.8 Å². The first-order valence-corrected chi connectivity index (χ1v) is 22.5. The standard InChI is InChI=1S/C54H61N5O2/c1-2-3-4-5-6-7-8-9-10-11-12-13-14-15-22-27-54(60)61-53-42-30-45(31-43-53)44-28-36-50(37-29-44)59(51-38-32-48(33-39-51)57-55-46-23-18-16-19-24-46)52-40-34-49(35-41-52)58-56-47-25-20-17-21-26-47/h16-21,23-26,28-43H,2-15,22,27H2,1H3. The third-order valence-electron chi connectivity index (χ3n) is 10.8. The molecule has 7 nitrogen and oxygen atoms in total. The predicted molar refractivity (Wildman–Crippen MR) is 253 cm³/mol. The molecule has 6 rings (SSSR count). The van der Waals surface area contributed by atoms with Gasteiger partial charge in [0.25, 0.3) is 0 Å². The zero-order valence-corrected chi connectivity index (χ0v) is 35.9. The van der Waals surface area contributed by atoms with Crippen LogP contribution in [0.5, 0.6) is 5.75 Å². The molecule has 0 saturated heterocycles. The summed E-state index contributed by atoms with van der Waals surface area (Å²) in [7, 11) is 0. The summed E-state index contributed by atoms with van der Waals surface area (Å²) in [6.07, 6.45) is 20.0. The summed E-state index contributed by atoms with van der Waals surface area (Å²) in [6.45, 7) is 2.28. The van der Waals surface area contributed by atoms with Gasteiger partial charge in [-0.2, -0.15) is 20.5 Å². The fourth-order valence-electron chi connectivity index (χ4n) is 7.35. The first-order valence-electron chi connectivity index (χ1n) is 22.5. The molecule has 0 spiro atoms. The van der Waals surface area contributed by atoms with Crippen molar-refractivity contribution in [3.8, 4) is 16.9 Å². The van der Waals surface area contributed by atoms with Gasteiger partial charge >= 0.3 is 5.97 Å². The maximum atomic E-state index is 12.6. The molecule has 0 amide bonds. The van der Waals surface area contributed by atoms with Gasteiger partial charge in [-0.15, -0.1) is 0 Å². The first-order chi connectivity index (χ1) is 30.1. The Balaban J connectivity index is 1.00. The van der Waals surface area contributed by atoms with Gasteiger partial charge in [0.2, 0.25) is 0 Å². The van der Waals surface area contributed by atoms with Crippen LogP contribution in [0.2, 0.25) is 0 Å². The maximum absolute atomic E-state index is 12.6. The van der Waals surface area contributed by atoms with Gasteiger partial charge in [0.05, 0.1) is 22.7 Å². The number of rotatable bonds is 25. The number of carbonyl (C=O) groups is 1. The number of ether oxygens (including phenoxy) is 1. The fraction of sp³-hybridized carbons (Fsp3) is 0.315. The molecule has 6 aromatic carbocycles. The van der Waals surface area contributed by atoms with Crippen molar-refractivity contribution in [3.63, 3.8) is 0 Å². The molecule has 0 aliphatic carbocycles. The second-order valence-electron chi connectivity index (χ2n) is 15.7. The summed E-state index contributed by atoms with van der Waals surface area (Å²) < 4.78 is 5.69. The van der Waals surface area contributed by atoms with Gasteiger partial charge < -0.3 is 9.64 Å². The van der Waals surface area contributed by atoms with Crippen LogP contribution in [-0.4, -0.2) is 5.97 Å². The molecule has 0 radical (unpaired) electrons. The highest BCUT2D eigenvalue weighted by Crippen LogP contribution is 2.38. The zero-order valence-electron chi connectivity index (χ0n) is 35.9. The number of hydrogen-bond donors (Lipinski definition) is 0. The minimum atomic E-state index is -0.161. The Morgan fingerprint density at radius 1 is 0.393 bits per heavy atom. The normalized spacial score (nSPS) is 11.4. The Bertz CT molecular complexity index is 2090. The molecule has 0 saturated carbocycles. The van der Waals surface area contributed by atoms with Crippen LogP contribution >= 0.6 is 0 Å². The van der Waals surface area contributed by atoms with E-state index in [2.05, 4.69) is 80.8 Å². The Labute approximate surface area is 363 Å². The average Bonchev–Trinajstić information content (AvgIpc) is 3.31. The molecule has 0 atom stereocenters. The molecule has 0 bridgehead atoms. The number of anilines is 3. The maximum Gasteiger partial charge on any atom is 0.311 e. The van der Waals surface area contributed by atoms with Crippen LogP contribution in [0.15, 0.2) is 178 Å². The van der Waals surface area contributed by atoms with Gasteiger partial charge in [0, 0.05) is 23.5 Å². The minimum Gasteiger partial charge on any atom is -0.427 e. The Hall–Kier alpha value is -6.21. The summed E-state index contributed by atoms with van der Waals surface area (Å²) in [4.78, 5) is 14.8. The molecule has 0 aliphatic heterocycles. The van der Waals surface area contributed by atoms with E-state index in [9.17, 15) is 4.79 Å². The van der Waals surface area contributed by atoms with Crippen molar-refractivity contribution < 1.29 is 9.53 Å². The molecule has 6 aromatic rings. The highest BCUT2D eigenvalue weighted by Gasteiger charge is 2.14. The third-order valence-corrected chi connectivity index (χ3v) is 10.8. The highest BCUT2D eigenvalue weighted by molar-refractivity contribution is 5.79. The summed E-state index contributed by atoms with van der Waals surface area (Å²) in [5.74, 6) is 0.419. The molecule has 7 heteroatoms. The van der Waals surface area contributed by atoms with Gasteiger partial charge in [-0.05, 0) is 115 Å². The molecule has 0 fully saturated rings. The van der Waals surface area contributed by atoms with Crippen LogP contribution in [0.25, 0.3) is 11.1 Å². The zero-order chi connectivity index (χ0) is 42.2. The van der Waals surface area contributed by atoms with E-state index in [1.807, 2.05) is 109 Å². The summed E-state index contributed by atoms with van der Waals surface area (Å²) in [5, 5.41) is 17.7. The number of esters is 1. The van der Waals surface area contributed by atoms with Crippen molar-refractivity contribution in [1.29, 1.82) is 0 Å². The van der Waals surface area contributed by atoms with Crippen LogP contribution in [0.4, 0.5) is 39.8 Å². The van der Waals surface area contributed by atoms with E-state index >= 15 is 0 Å². The average molecular weight is 812 g/mol. The third kappa shape index (κ3) is 15.4. The molecular weight excluding hydrogens is 751 g/mol. The van der Waals surface area contributed by atoms with Gasteiger partial charge in [-0.25, -0.2) is 0 Å². The van der Waals surface area contributed by atoms with Crippen LogP contribution in [0.1, 0.15) is 110 Å². The molecule has 0 heterocycles. The monoisotopic (exact) mass is 811 g/mol. The smallest absolute Gasteiger partial charge is 0.311 e. The van der Waals surface area contributed by atoms with Crippen molar-refractivity contribution in [2.45, 2.75) is 110 Å². The Kier molecular flexibility index (Phi) is 18.5. The second-order valence-corrected chi connectivity index (χ2v) is 15.7. The number of carbonyl (C=O) groups excluding carboxylic acids is 1. The summed E-state index contributed by atoms with van der Waals surface area (Å²) >= 11 is 0. The molecule has 0 aliphatic rings. The van der Waals surface area contributed by atoms with Crippen LogP contribution in [0.3, 0.4) is 0 Å². The van der Waals surface area contributed by atoms with Crippen LogP contribution < -0.4 is 9.64 Å². The predicted octanol–water partition coefficient (Wildman–Crippen LogP) is 17.8. The lowest BCUT2D eigenvalue weighted by Crippen LogP contribution is -2.09. The van der Waals surface area contributed by atoms with Crippen molar-refractivity contribution in [2.24, 2.45) is 20.5 Å². The molecule has 314 valence electrons. The summed E-state index contributed by atoms with van der Waals surface area (Å²) in [5.41, 5.74) is 8.18. The fourth-order valence-corrected chi connectivity index (χ4v) is 7.35. The van der Waals surface area contributed by atoms with Gasteiger partial charge in [-0.3, -0.25) is 4.79 Å². The van der Waals surface area contributed by atoms with E-state index in [4.69, 9.17) is 4.74 Å². The van der Waals surface area contributed by atoms with Crippen molar-refractivity contribution in [1.82, 2.24) is 0 Å². The number of azo groups is 2. The largest absolute Gasteiger partial charge is 0.427 e. The van der Waals surface area contributed by atoms with E-state index in [1.165, 1.54) is 83.5 Å². The molecule has 0 unspecified atom stereocenters.